The molecule has 0 saturated heterocycles. The molecule has 4 rings (SSSR count). The van der Waals surface area contributed by atoms with E-state index in [4.69, 9.17) is 21.1 Å². The summed E-state index contributed by atoms with van der Waals surface area (Å²) in [6.07, 6.45) is -1.42. The highest BCUT2D eigenvalue weighted by molar-refractivity contribution is 6.32. The normalized spacial score (nSPS) is 13.6. The van der Waals surface area contributed by atoms with Crippen molar-refractivity contribution in [3.05, 3.63) is 64.6 Å². The summed E-state index contributed by atoms with van der Waals surface area (Å²) in [4.78, 5) is 17.6. The molecule has 35 heavy (non-hydrogen) atoms. The summed E-state index contributed by atoms with van der Waals surface area (Å²) in [5.41, 5.74) is 1.47. The molecule has 0 fully saturated rings. The highest BCUT2D eigenvalue weighted by Gasteiger charge is 2.30. The number of hydrogen-bond donors (Lipinski definition) is 2. The Kier molecular flexibility index (Phi) is 8.47. The number of aliphatic hydroxyl groups is 1. The van der Waals surface area contributed by atoms with E-state index in [1.807, 2.05) is 26.0 Å². The molecule has 2 amide bonds. The van der Waals surface area contributed by atoms with Gasteiger partial charge in [-0.15, -0.1) is 10.2 Å². The van der Waals surface area contributed by atoms with Crippen molar-refractivity contribution < 1.29 is 27.5 Å². The third-order valence-corrected chi connectivity index (χ3v) is 5.30. The molecule has 0 bridgehead atoms. The summed E-state index contributed by atoms with van der Waals surface area (Å²) < 4.78 is 43.2. The van der Waals surface area contributed by atoms with Gasteiger partial charge in [0.05, 0.1) is 5.56 Å². The monoisotopic (exact) mass is 509 g/mol. The van der Waals surface area contributed by atoms with Crippen LogP contribution in [0.25, 0.3) is 17.0 Å². The van der Waals surface area contributed by atoms with Crippen LogP contribution in [0.5, 0.6) is 0 Å². The zero-order chi connectivity index (χ0) is 25.6. The summed E-state index contributed by atoms with van der Waals surface area (Å²) >= 11 is 6.44. The Balaban J connectivity index is 0.00000167. The Bertz CT molecular complexity index is 1200. The molecule has 0 radical (unpaired) electrons. The average Bonchev–Trinajstić information content (AvgIpc) is 3.35. The molecule has 3 heterocycles. The maximum Gasteiger partial charge on any atom is 0.417 e. The fraction of sp³-hybridized carbons (Fsp3) is 0.304. The number of nitrogens with one attached hydrogen (secondary N) is 1. The van der Waals surface area contributed by atoms with Gasteiger partial charge in [-0.1, -0.05) is 37.6 Å². The van der Waals surface area contributed by atoms with Crippen LogP contribution in [0, 0.1) is 0 Å². The number of rotatable bonds is 4. The van der Waals surface area contributed by atoms with E-state index in [-0.39, 0.29) is 24.2 Å². The molecule has 1 aliphatic rings. The lowest BCUT2D eigenvalue weighted by Gasteiger charge is -2.27. The van der Waals surface area contributed by atoms with E-state index < -0.39 is 17.8 Å². The van der Waals surface area contributed by atoms with Gasteiger partial charge in [-0.05, 0) is 41.8 Å². The third kappa shape index (κ3) is 6.37. The van der Waals surface area contributed by atoms with Crippen LogP contribution in [-0.2, 0) is 12.8 Å². The van der Waals surface area contributed by atoms with Gasteiger partial charge in [0.25, 0.3) is 0 Å². The molecule has 2 N–H and O–H groups in total. The number of nitrogens with zero attached hydrogens (tertiary/aromatic N) is 4. The van der Waals surface area contributed by atoms with Gasteiger partial charge in [0, 0.05) is 29.9 Å². The van der Waals surface area contributed by atoms with Gasteiger partial charge in [0.2, 0.25) is 11.8 Å². The first-order valence-electron chi connectivity index (χ1n) is 10.8. The number of urea groups is 1. The van der Waals surface area contributed by atoms with Crippen LogP contribution in [-0.4, -0.2) is 44.3 Å². The molecular formula is C23H23ClF3N5O3. The minimum atomic E-state index is -4.49. The molecule has 0 aliphatic carbocycles. The summed E-state index contributed by atoms with van der Waals surface area (Å²) in [7, 11) is 0. The number of pyridine rings is 1. The Morgan fingerprint density at radius 3 is 2.54 bits per heavy atom. The van der Waals surface area contributed by atoms with E-state index in [0.29, 0.717) is 36.3 Å². The van der Waals surface area contributed by atoms with Crippen molar-refractivity contribution in [1.29, 1.82) is 0 Å². The predicted molar refractivity (Wildman–Crippen MR) is 124 cm³/mol. The molecular weight excluding hydrogens is 487 g/mol. The number of aliphatic hydroxyl groups excluding tert-OH is 1. The van der Waals surface area contributed by atoms with Gasteiger partial charge in [0.15, 0.2) is 0 Å². The van der Waals surface area contributed by atoms with Crippen molar-refractivity contribution in [2.75, 3.05) is 18.4 Å². The first-order chi connectivity index (χ1) is 16.7. The average molecular weight is 510 g/mol. The maximum atomic E-state index is 12.6. The van der Waals surface area contributed by atoms with Crippen molar-refractivity contribution in [2.24, 2.45) is 0 Å². The molecule has 1 aromatic carbocycles. The van der Waals surface area contributed by atoms with E-state index in [9.17, 15) is 18.0 Å². The number of carbonyl (C=O) groups excluding carboxylic acids is 1. The zero-order valence-corrected chi connectivity index (χ0v) is 19.7. The van der Waals surface area contributed by atoms with E-state index >= 15 is 0 Å². The second-order valence-electron chi connectivity index (χ2n) is 7.14. The number of benzene rings is 1. The zero-order valence-electron chi connectivity index (χ0n) is 18.9. The Hall–Kier alpha value is -3.44. The standard InChI is InChI=1S/C21H17ClF3N5O3.C2H6/c22-16-9-13(19-29-28-18(11-31)33-19)1-3-15(16)12-5-7-30(8-6-12)20(32)27-17-4-2-14(10-26-17)21(23,24)25;1-2/h1-5,9-10,31H,6-8,11H2,(H,26,27,32);1-2H3. The molecule has 2 aromatic heterocycles. The van der Waals surface area contributed by atoms with Gasteiger partial charge in [-0.2, -0.15) is 13.2 Å². The molecule has 3 aromatic rings. The lowest BCUT2D eigenvalue weighted by atomic mass is 9.98. The molecule has 0 spiro atoms. The van der Waals surface area contributed by atoms with Gasteiger partial charge in [0.1, 0.15) is 12.4 Å². The molecule has 186 valence electrons. The highest BCUT2D eigenvalue weighted by atomic mass is 35.5. The summed E-state index contributed by atoms with van der Waals surface area (Å²) in [5.74, 6) is 0.377. The van der Waals surface area contributed by atoms with Crippen molar-refractivity contribution in [2.45, 2.75) is 33.1 Å². The fourth-order valence-corrected chi connectivity index (χ4v) is 3.57. The van der Waals surface area contributed by atoms with Crippen LogP contribution in [0.3, 0.4) is 0 Å². The van der Waals surface area contributed by atoms with E-state index in [2.05, 4.69) is 20.5 Å². The van der Waals surface area contributed by atoms with E-state index in [1.165, 1.54) is 4.90 Å². The van der Waals surface area contributed by atoms with Crippen molar-refractivity contribution in [3.8, 4) is 11.5 Å². The molecule has 0 saturated carbocycles. The lowest BCUT2D eigenvalue weighted by Crippen LogP contribution is -2.38. The maximum absolute atomic E-state index is 12.6. The van der Waals surface area contributed by atoms with Crippen molar-refractivity contribution in [1.82, 2.24) is 20.1 Å². The highest BCUT2D eigenvalue weighted by Crippen LogP contribution is 2.32. The molecule has 12 heteroatoms. The molecule has 0 unspecified atom stereocenters. The van der Waals surface area contributed by atoms with Crippen LogP contribution in [0.15, 0.2) is 47.0 Å². The SMILES string of the molecule is CC.O=C(Nc1ccc(C(F)(F)F)cn1)N1CC=C(c2ccc(-c3nnc(CO)o3)cc2Cl)CC1. The largest absolute Gasteiger partial charge is 0.418 e. The third-order valence-electron chi connectivity index (χ3n) is 4.99. The van der Waals surface area contributed by atoms with Crippen LogP contribution >= 0.6 is 11.6 Å². The fourth-order valence-electron chi connectivity index (χ4n) is 3.27. The Morgan fingerprint density at radius 1 is 1.23 bits per heavy atom. The number of halogens is 4. The molecule has 0 atom stereocenters. The summed E-state index contributed by atoms with van der Waals surface area (Å²) in [6, 6.07) is 6.78. The number of alkyl halides is 3. The van der Waals surface area contributed by atoms with E-state index in [0.717, 1.165) is 23.3 Å². The second-order valence-corrected chi connectivity index (χ2v) is 7.55. The quantitative estimate of drug-likeness (QED) is 0.471. The van der Waals surface area contributed by atoms with Crippen LogP contribution in [0.4, 0.5) is 23.8 Å². The minimum Gasteiger partial charge on any atom is -0.418 e. The van der Waals surface area contributed by atoms with Crippen molar-refractivity contribution in [3.63, 3.8) is 0 Å². The minimum absolute atomic E-state index is 0.0341. The van der Waals surface area contributed by atoms with Crippen LogP contribution in [0.1, 0.15) is 37.3 Å². The van der Waals surface area contributed by atoms with Gasteiger partial charge >= 0.3 is 12.2 Å². The number of aromatic nitrogens is 3. The van der Waals surface area contributed by atoms with E-state index in [1.54, 1.807) is 12.1 Å². The van der Waals surface area contributed by atoms with Gasteiger partial charge in [-0.25, -0.2) is 9.78 Å². The smallest absolute Gasteiger partial charge is 0.417 e. The summed E-state index contributed by atoms with van der Waals surface area (Å²) in [6.45, 7) is 4.33. The van der Waals surface area contributed by atoms with Crippen LogP contribution < -0.4 is 5.32 Å². The first-order valence-corrected chi connectivity index (χ1v) is 11.1. The summed E-state index contributed by atoms with van der Waals surface area (Å²) in [5, 5.41) is 19.6. The second kappa shape index (κ2) is 11.3. The molecule has 8 nitrogen and oxygen atoms in total. The first kappa shape index (κ1) is 26.2. The number of hydrogen-bond acceptors (Lipinski definition) is 6. The molecule has 1 aliphatic heterocycles. The predicted octanol–water partition coefficient (Wildman–Crippen LogP) is 5.64. The number of carbonyl (C=O) groups is 1. The lowest BCUT2D eigenvalue weighted by molar-refractivity contribution is -0.137. The van der Waals surface area contributed by atoms with Gasteiger partial charge in [-0.3, -0.25) is 5.32 Å². The van der Waals surface area contributed by atoms with Crippen LogP contribution in [0.2, 0.25) is 5.02 Å². The number of amides is 2. The Labute approximate surface area is 204 Å². The van der Waals surface area contributed by atoms with Crippen molar-refractivity contribution >= 4 is 29.0 Å². The van der Waals surface area contributed by atoms with Gasteiger partial charge < -0.3 is 14.4 Å². The Morgan fingerprint density at radius 2 is 2.00 bits per heavy atom. The topological polar surface area (TPSA) is 104 Å². The number of anilines is 1.